The third-order valence-corrected chi connectivity index (χ3v) is 3.97. The first kappa shape index (κ1) is 9.96. The molecule has 0 radical (unpaired) electrons. The summed E-state index contributed by atoms with van der Waals surface area (Å²) in [4.78, 5) is 24.9. The maximum atomic E-state index is 11.5. The number of alkyl halides is 1. The van der Waals surface area contributed by atoms with Crippen molar-refractivity contribution in [1.29, 1.82) is 0 Å². The number of rotatable bonds is 0. The molecule has 1 saturated heterocycles. The Morgan fingerprint density at radius 3 is 2.86 bits per heavy atom. The molecule has 1 heterocycles. The van der Waals surface area contributed by atoms with Gasteiger partial charge in [-0.2, -0.15) is 0 Å². The molecule has 1 saturated carbocycles. The van der Waals surface area contributed by atoms with Crippen LogP contribution in [-0.2, 0) is 4.79 Å². The van der Waals surface area contributed by atoms with Crippen LogP contribution in [0.5, 0.6) is 0 Å². The molecule has 0 aromatic rings. The number of carbonyl (C=O) groups excluding carboxylic acids is 2. The van der Waals surface area contributed by atoms with E-state index in [1.807, 2.05) is 0 Å². The molecule has 4 nitrogen and oxygen atoms in total. The number of halogens is 1. The SMILES string of the molecule is CN1C(=O)NC(=O)C2CCC(Br)CC21. The zero-order chi connectivity index (χ0) is 10.3. The van der Waals surface area contributed by atoms with Crippen molar-refractivity contribution in [2.45, 2.75) is 30.1 Å². The zero-order valence-electron chi connectivity index (χ0n) is 8.00. The topological polar surface area (TPSA) is 49.4 Å². The average molecular weight is 261 g/mol. The second-order valence-electron chi connectivity index (χ2n) is 3.99. The highest BCUT2D eigenvalue weighted by Crippen LogP contribution is 2.33. The summed E-state index contributed by atoms with van der Waals surface area (Å²) >= 11 is 3.55. The second kappa shape index (κ2) is 3.53. The monoisotopic (exact) mass is 260 g/mol. The summed E-state index contributed by atoms with van der Waals surface area (Å²) in [5, 5.41) is 2.38. The first-order valence-corrected chi connectivity index (χ1v) is 5.73. The molecule has 2 aliphatic rings. The third kappa shape index (κ3) is 1.54. The minimum absolute atomic E-state index is 0.00787. The molecular weight excluding hydrogens is 248 g/mol. The van der Waals surface area contributed by atoms with Gasteiger partial charge in [-0.15, -0.1) is 0 Å². The highest BCUT2D eigenvalue weighted by molar-refractivity contribution is 9.09. The molecule has 2 fully saturated rings. The highest BCUT2D eigenvalue weighted by atomic mass is 79.9. The minimum atomic E-state index is -0.266. The summed E-state index contributed by atoms with van der Waals surface area (Å²) in [5.41, 5.74) is 0. The molecule has 3 unspecified atom stereocenters. The van der Waals surface area contributed by atoms with E-state index in [1.165, 1.54) is 0 Å². The number of fused-ring (bicyclic) bond motifs is 1. The van der Waals surface area contributed by atoms with Crippen molar-refractivity contribution >= 4 is 27.9 Å². The molecule has 78 valence electrons. The van der Waals surface area contributed by atoms with Crippen LogP contribution >= 0.6 is 15.9 Å². The van der Waals surface area contributed by atoms with Gasteiger partial charge in [-0.25, -0.2) is 4.79 Å². The Hall–Kier alpha value is -0.580. The molecule has 0 bridgehead atoms. The van der Waals surface area contributed by atoms with Crippen LogP contribution in [0, 0.1) is 5.92 Å². The lowest BCUT2D eigenvalue weighted by atomic mass is 9.82. The lowest BCUT2D eigenvalue weighted by Crippen LogP contribution is -2.60. The number of nitrogens with one attached hydrogen (secondary N) is 1. The van der Waals surface area contributed by atoms with E-state index in [0.717, 1.165) is 19.3 Å². The van der Waals surface area contributed by atoms with E-state index in [-0.39, 0.29) is 23.9 Å². The first-order chi connectivity index (χ1) is 6.59. The van der Waals surface area contributed by atoms with Crippen molar-refractivity contribution in [1.82, 2.24) is 10.2 Å². The summed E-state index contributed by atoms with van der Waals surface area (Å²) in [6.07, 6.45) is 2.75. The predicted octanol–water partition coefficient (Wildman–Crippen LogP) is 1.10. The van der Waals surface area contributed by atoms with Gasteiger partial charge in [-0.1, -0.05) is 15.9 Å². The van der Waals surface area contributed by atoms with Gasteiger partial charge in [-0.05, 0) is 19.3 Å². The number of carbonyl (C=O) groups is 2. The molecule has 14 heavy (non-hydrogen) atoms. The number of nitrogens with zero attached hydrogens (tertiary/aromatic N) is 1. The molecule has 3 atom stereocenters. The number of hydrogen-bond acceptors (Lipinski definition) is 2. The molecular formula is C9H13BrN2O2. The second-order valence-corrected chi connectivity index (χ2v) is 5.28. The van der Waals surface area contributed by atoms with Crippen molar-refractivity contribution in [2.24, 2.45) is 5.92 Å². The van der Waals surface area contributed by atoms with Gasteiger partial charge in [0.2, 0.25) is 5.91 Å². The van der Waals surface area contributed by atoms with Crippen molar-refractivity contribution in [2.75, 3.05) is 7.05 Å². The molecule has 3 amide bonds. The van der Waals surface area contributed by atoms with Crippen LogP contribution in [0.3, 0.4) is 0 Å². The summed E-state index contributed by atoms with van der Waals surface area (Å²) < 4.78 is 0. The van der Waals surface area contributed by atoms with Crippen LogP contribution in [0.15, 0.2) is 0 Å². The van der Waals surface area contributed by atoms with Crippen molar-refractivity contribution in [3.05, 3.63) is 0 Å². The van der Waals surface area contributed by atoms with Gasteiger partial charge in [-0.3, -0.25) is 10.1 Å². The van der Waals surface area contributed by atoms with Crippen LogP contribution in [-0.4, -0.2) is 34.8 Å². The summed E-state index contributed by atoms with van der Waals surface area (Å²) in [6.45, 7) is 0. The van der Waals surface area contributed by atoms with Gasteiger partial charge < -0.3 is 4.90 Å². The van der Waals surface area contributed by atoms with Crippen molar-refractivity contribution in [3.63, 3.8) is 0 Å². The maximum Gasteiger partial charge on any atom is 0.324 e. The Morgan fingerprint density at radius 1 is 1.43 bits per heavy atom. The Labute approximate surface area is 91.1 Å². The Bertz CT molecular complexity index is 282. The molecule has 5 heteroatoms. The lowest BCUT2D eigenvalue weighted by molar-refractivity contribution is -0.128. The molecule has 2 rings (SSSR count). The van der Waals surface area contributed by atoms with Gasteiger partial charge in [0.1, 0.15) is 0 Å². The van der Waals surface area contributed by atoms with Crippen LogP contribution in [0.25, 0.3) is 0 Å². The van der Waals surface area contributed by atoms with Gasteiger partial charge >= 0.3 is 6.03 Å². The summed E-state index contributed by atoms with van der Waals surface area (Å²) in [6, 6.07) is -0.188. The highest BCUT2D eigenvalue weighted by Gasteiger charge is 2.42. The van der Waals surface area contributed by atoms with Gasteiger partial charge in [0, 0.05) is 17.9 Å². The normalized spacial score (nSPS) is 37.9. The fraction of sp³-hybridized carbons (Fsp3) is 0.778. The predicted molar refractivity (Wildman–Crippen MR) is 55.1 cm³/mol. The first-order valence-electron chi connectivity index (χ1n) is 4.81. The molecule has 1 aliphatic heterocycles. The van der Waals surface area contributed by atoms with Gasteiger partial charge in [0.25, 0.3) is 0 Å². The average Bonchev–Trinajstić information content (AvgIpc) is 2.14. The summed E-state index contributed by atoms with van der Waals surface area (Å²) in [5.74, 6) is -0.107. The van der Waals surface area contributed by atoms with E-state index in [1.54, 1.807) is 11.9 Å². The number of urea groups is 1. The standard InChI is InChI=1S/C9H13BrN2O2/c1-12-7-4-5(10)2-3-6(7)8(13)11-9(12)14/h5-7H,2-4H2,1H3,(H,11,13,14). The molecule has 0 spiro atoms. The van der Waals surface area contributed by atoms with E-state index in [2.05, 4.69) is 21.2 Å². The number of amides is 3. The zero-order valence-corrected chi connectivity index (χ0v) is 9.58. The van der Waals surface area contributed by atoms with E-state index in [0.29, 0.717) is 4.83 Å². The van der Waals surface area contributed by atoms with E-state index in [9.17, 15) is 9.59 Å². The number of hydrogen-bond donors (Lipinski definition) is 1. The van der Waals surface area contributed by atoms with E-state index in [4.69, 9.17) is 0 Å². The smallest absolute Gasteiger partial charge is 0.324 e. The largest absolute Gasteiger partial charge is 0.324 e. The summed E-state index contributed by atoms with van der Waals surface area (Å²) in [7, 11) is 1.75. The molecule has 1 N–H and O–H groups in total. The molecule has 0 aromatic carbocycles. The van der Waals surface area contributed by atoms with Crippen LogP contribution in [0.1, 0.15) is 19.3 Å². The third-order valence-electron chi connectivity index (χ3n) is 3.14. The Morgan fingerprint density at radius 2 is 2.14 bits per heavy atom. The van der Waals surface area contributed by atoms with Gasteiger partial charge in [0.15, 0.2) is 0 Å². The van der Waals surface area contributed by atoms with Crippen LogP contribution in [0.4, 0.5) is 4.79 Å². The fourth-order valence-corrected chi connectivity index (χ4v) is 2.92. The molecule has 1 aliphatic carbocycles. The molecule has 0 aromatic heterocycles. The quantitative estimate of drug-likeness (QED) is 0.664. The lowest BCUT2D eigenvalue weighted by Gasteiger charge is -2.42. The maximum absolute atomic E-state index is 11.5. The van der Waals surface area contributed by atoms with E-state index >= 15 is 0 Å². The van der Waals surface area contributed by atoms with Crippen LogP contribution < -0.4 is 5.32 Å². The minimum Gasteiger partial charge on any atom is -0.324 e. The fourth-order valence-electron chi connectivity index (χ4n) is 2.27. The van der Waals surface area contributed by atoms with Crippen molar-refractivity contribution < 1.29 is 9.59 Å². The number of imide groups is 1. The Balaban J connectivity index is 2.19. The Kier molecular flexibility index (Phi) is 2.51. The van der Waals surface area contributed by atoms with Crippen LogP contribution in [0.2, 0.25) is 0 Å². The van der Waals surface area contributed by atoms with Gasteiger partial charge in [0.05, 0.1) is 5.92 Å². The van der Waals surface area contributed by atoms with Crippen molar-refractivity contribution in [3.8, 4) is 0 Å². The van der Waals surface area contributed by atoms with E-state index < -0.39 is 0 Å².